The van der Waals surface area contributed by atoms with E-state index >= 15 is 0 Å². The van der Waals surface area contributed by atoms with Gasteiger partial charge in [-0.3, -0.25) is 4.79 Å². The van der Waals surface area contributed by atoms with Crippen molar-refractivity contribution in [1.29, 1.82) is 0 Å². The van der Waals surface area contributed by atoms with Gasteiger partial charge in [-0.25, -0.2) is 4.98 Å². The summed E-state index contributed by atoms with van der Waals surface area (Å²) in [7, 11) is 4.60. The molecule has 0 spiro atoms. The first-order chi connectivity index (χ1) is 15.0. The third kappa shape index (κ3) is 4.15. The molecule has 10 nitrogen and oxygen atoms in total. The number of amides is 1. The van der Waals surface area contributed by atoms with Crippen LogP contribution >= 0.6 is 11.6 Å². The second kappa shape index (κ2) is 8.84. The van der Waals surface area contributed by atoms with Gasteiger partial charge in [-0.15, -0.1) is 0 Å². The smallest absolute Gasteiger partial charge is 0.229 e. The number of rotatable bonds is 6. The van der Waals surface area contributed by atoms with Gasteiger partial charge in [0, 0.05) is 30.9 Å². The topological polar surface area (TPSA) is 114 Å². The van der Waals surface area contributed by atoms with Crippen molar-refractivity contribution in [2.45, 2.75) is 12.8 Å². The molecule has 1 aliphatic heterocycles. The maximum absolute atomic E-state index is 13.0. The molecule has 11 heteroatoms. The van der Waals surface area contributed by atoms with Crippen LogP contribution in [-0.4, -0.2) is 60.3 Å². The fourth-order valence-electron chi connectivity index (χ4n) is 3.80. The second-order valence-corrected chi connectivity index (χ2v) is 7.44. The number of fused-ring (bicyclic) bond motifs is 1. The SMILES string of the molecule is COc1cc(NC(=O)[C@H]2CCCN(c3nc(Cl)nc4nc[nH]c34)C2)cc(OC)c1OC. The van der Waals surface area contributed by atoms with Gasteiger partial charge in [-0.2, -0.15) is 9.97 Å². The van der Waals surface area contributed by atoms with Crippen LogP contribution in [0.15, 0.2) is 18.5 Å². The van der Waals surface area contributed by atoms with Gasteiger partial charge >= 0.3 is 0 Å². The highest BCUT2D eigenvalue weighted by Crippen LogP contribution is 2.40. The molecule has 31 heavy (non-hydrogen) atoms. The lowest BCUT2D eigenvalue weighted by Crippen LogP contribution is -2.41. The van der Waals surface area contributed by atoms with E-state index in [4.69, 9.17) is 25.8 Å². The molecule has 164 valence electrons. The summed E-state index contributed by atoms with van der Waals surface area (Å²) in [6.07, 6.45) is 3.15. The minimum Gasteiger partial charge on any atom is -0.493 e. The van der Waals surface area contributed by atoms with Crippen LogP contribution in [0, 0.1) is 5.92 Å². The molecule has 0 radical (unpaired) electrons. The number of nitrogens with zero attached hydrogens (tertiary/aromatic N) is 4. The number of carbonyl (C=O) groups excluding carboxylic acids is 1. The van der Waals surface area contributed by atoms with Gasteiger partial charge in [0.2, 0.25) is 16.9 Å². The number of hydrogen-bond acceptors (Lipinski definition) is 8. The number of halogens is 1. The normalized spacial score (nSPS) is 16.3. The van der Waals surface area contributed by atoms with Crippen LogP contribution in [0.3, 0.4) is 0 Å². The van der Waals surface area contributed by atoms with Crippen molar-refractivity contribution in [2.24, 2.45) is 5.92 Å². The van der Waals surface area contributed by atoms with Crippen LogP contribution in [0.4, 0.5) is 11.5 Å². The van der Waals surface area contributed by atoms with E-state index in [2.05, 4.69) is 25.3 Å². The first kappa shape index (κ1) is 21.0. The number of imidazole rings is 1. The van der Waals surface area contributed by atoms with Crippen molar-refractivity contribution < 1.29 is 19.0 Å². The maximum atomic E-state index is 13.0. The maximum Gasteiger partial charge on any atom is 0.229 e. The first-order valence-electron chi connectivity index (χ1n) is 9.76. The molecule has 3 heterocycles. The zero-order chi connectivity index (χ0) is 22.0. The molecule has 1 aromatic carbocycles. The predicted molar refractivity (Wildman–Crippen MR) is 116 cm³/mol. The van der Waals surface area contributed by atoms with Crippen LogP contribution in [0.2, 0.25) is 5.28 Å². The van der Waals surface area contributed by atoms with Gasteiger partial charge in [-0.05, 0) is 24.4 Å². The fourth-order valence-corrected chi connectivity index (χ4v) is 3.96. The number of aromatic nitrogens is 4. The molecule has 0 bridgehead atoms. The molecule has 4 rings (SSSR count). The zero-order valence-corrected chi connectivity index (χ0v) is 18.2. The Bertz CT molecular complexity index is 1080. The Balaban J connectivity index is 1.54. The molecule has 1 fully saturated rings. The summed E-state index contributed by atoms with van der Waals surface area (Å²) in [6.45, 7) is 1.26. The van der Waals surface area contributed by atoms with Crippen LogP contribution < -0.4 is 24.4 Å². The molecule has 3 aromatic rings. The summed E-state index contributed by atoms with van der Waals surface area (Å²) in [5.41, 5.74) is 1.77. The van der Waals surface area contributed by atoms with Crippen molar-refractivity contribution in [2.75, 3.05) is 44.6 Å². The number of anilines is 2. The highest BCUT2D eigenvalue weighted by atomic mass is 35.5. The molecule has 0 aliphatic carbocycles. The monoisotopic (exact) mass is 446 g/mol. The van der Waals surface area contributed by atoms with Gasteiger partial charge in [0.1, 0.15) is 5.52 Å². The van der Waals surface area contributed by atoms with E-state index < -0.39 is 0 Å². The summed E-state index contributed by atoms with van der Waals surface area (Å²) < 4.78 is 16.1. The van der Waals surface area contributed by atoms with Crippen molar-refractivity contribution in [3.63, 3.8) is 0 Å². The Morgan fingerprint density at radius 2 is 1.94 bits per heavy atom. The first-order valence-corrected chi connectivity index (χ1v) is 10.1. The van der Waals surface area contributed by atoms with E-state index in [1.165, 1.54) is 21.3 Å². The molecule has 2 aromatic heterocycles. The van der Waals surface area contributed by atoms with E-state index in [0.717, 1.165) is 19.4 Å². The third-order valence-corrected chi connectivity index (χ3v) is 5.43. The highest BCUT2D eigenvalue weighted by Gasteiger charge is 2.29. The summed E-state index contributed by atoms with van der Waals surface area (Å²) >= 11 is 6.07. The predicted octanol–water partition coefficient (Wildman–Crippen LogP) is 2.89. The summed E-state index contributed by atoms with van der Waals surface area (Å²) in [6, 6.07) is 3.41. The Kier molecular flexibility index (Phi) is 5.99. The second-order valence-electron chi connectivity index (χ2n) is 7.11. The number of benzene rings is 1. The summed E-state index contributed by atoms with van der Waals surface area (Å²) in [4.78, 5) is 30.8. The number of H-pyrrole nitrogens is 1. The fraction of sp³-hybridized carbons (Fsp3) is 0.400. The average molecular weight is 447 g/mol. The largest absolute Gasteiger partial charge is 0.493 e. The lowest BCUT2D eigenvalue weighted by atomic mass is 9.97. The highest BCUT2D eigenvalue weighted by molar-refractivity contribution is 6.28. The van der Waals surface area contributed by atoms with Gasteiger partial charge in [-0.1, -0.05) is 0 Å². The lowest BCUT2D eigenvalue weighted by Gasteiger charge is -2.33. The number of hydrogen-bond donors (Lipinski definition) is 2. The Labute approximate surface area is 183 Å². The van der Waals surface area contributed by atoms with E-state index in [1.807, 2.05) is 4.90 Å². The number of nitrogens with one attached hydrogen (secondary N) is 2. The standard InChI is InChI=1S/C20H23ClN6O4/c1-29-13-7-12(8-14(30-2)16(13)31-3)24-19(28)11-5-4-6-27(9-11)18-15-17(23-10-22-15)25-20(21)26-18/h7-8,10-11H,4-6,9H2,1-3H3,(H,24,28)(H,22,23,25,26)/t11-/m0/s1. The quantitative estimate of drug-likeness (QED) is 0.555. The third-order valence-electron chi connectivity index (χ3n) is 5.26. The van der Waals surface area contributed by atoms with Gasteiger partial charge < -0.3 is 29.4 Å². The molecular weight excluding hydrogens is 424 g/mol. The van der Waals surface area contributed by atoms with Crippen molar-refractivity contribution in [3.05, 3.63) is 23.7 Å². The average Bonchev–Trinajstić information content (AvgIpc) is 3.26. The van der Waals surface area contributed by atoms with Crippen LogP contribution in [0.25, 0.3) is 11.2 Å². The van der Waals surface area contributed by atoms with Gasteiger partial charge in [0.05, 0.1) is 33.6 Å². The number of methoxy groups -OCH3 is 3. The van der Waals surface area contributed by atoms with Crippen molar-refractivity contribution >= 4 is 40.2 Å². The van der Waals surface area contributed by atoms with Crippen LogP contribution in [0.1, 0.15) is 12.8 Å². The number of carbonyl (C=O) groups is 1. The van der Waals surface area contributed by atoms with Crippen LogP contribution in [0.5, 0.6) is 17.2 Å². The molecular formula is C20H23ClN6O4. The molecule has 1 amide bonds. The van der Waals surface area contributed by atoms with E-state index in [-0.39, 0.29) is 17.1 Å². The molecule has 0 saturated carbocycles. The number of ether oxygens (including phenoxy) is 3. The molecule has 0 unspecified atom stereocenters. The Morgan fingerprint density at radius 1 is 1.19 bits per heavy atom. The molecule has 1 atom stereocenters. The lowest BCUT2D eigenvalue weighted by molar-refractivity contribution is -0.120. The molecule has 1 saturated heterocycles. The van der Waals surface area contributed by atoms with Crippen LogP contribution in [-0.2, 0) is 4.79 Å². The van der Waals surface area contributed by atoms with Gasteiger partial charge in [0.25, 0.3) is 0 Å². The molecule has 2 N–H and O–H groups in total. The number of aromatic amines is 1. The van der Waals surface area contributed by atoms with Crippen molar-refractivity contribution in [3.8, 4) is 17.2 Å². The van der Waals surface area contributed by atoms with Gasteiger partial charge in [0.15, 0.2) is 23.0 Å². The Morgan fingerprint density at radius 3 is 2.61 bits per heavy atom. The zero-order valence-electron chi connectivity index (χ0n) is 17.4. The van der Waals surface area contributed by atoms with Crippen molar-refractivity contribution in [1.82, 2.24) is 19.9 Å². The van der Waals surface area contributed by atoms with E-state index in [1.54, 1.807) is 18.5 Å². The summed E-state index contributed by atoms with van der Waals surface area (Å²) in [5, 5.41) is 3.09. The Hall–Kier alpha value is -3.27. The summed E-state index contributed by atoms with van der Waals surface area (Å²) in [5.74, 6) is 1.73. The minimum atomic E-state index is -0.237. The van der Waals surface area contributed by atoms with E-state index in [9.17, 15) is 4.79 Å². The minimum absolute atomic E-state index is 0.0972. The number of piperidine rings is 1. The van der Waals surface area contributed by atoms with E-state index in [0.29, 0.717) is 46.5 Å². The molecule has 1 aliphatic rings.